The van der Waals surface area contributed by atoms with Gasteiger partial charge in [-0.3, -0.25) is 0 Å². The summed E-state index contributed by atoms with van der Waals surface area (Å²) in [5.74, 6) is 0.714. The molecule has 0 amide bonds. The second kappa shape index (κ2) is 7.18. The van der Waals surface area contributed by atoms with Crippen LogP contribution in [0.4, 0.5) is 5.69 Å². The predicted molar refractivity (Wildman–Crippen MR) is 84.0 cm³/mol. The molecule has 0 unspecified atom stereocenters. The van der Waals surface area contributed by atoms with Crippen molar-refractivity contribution in [3.8, 4) is 11.8 Å². The van der Waals surface area contributed by atoms with Crippen LogP contribution in [0.25, 0.3) is 0 Å². The lowest BCUT2D eigenvalue weighted by atomic mass is 10.2. The fourth-order valence-electron chi connectivity index (χ4n) is 1.72. The van der Waals surface area contributed by atoms with Crippen LogP contribution in [-0.2, 0) is 6.54 Å². The first-order valence-electron chi connectivity index (χ1n) is 5.97. The summed E-state index contributed by atoms with van der Waals surface area (Å²) in [6.07, 6.45) is 0. The normalized spacial score (nSPS) is 9.85. The van der Waals surface area contributed by atoms with Crippen LogP contribution in [0.15, 0.2) is 46.9 Å². The molecule has 0 heterocycles. The fourth-order valence-corrected chi connectivity index (χ4v) is 2.55. The minimum Gasteiger partial charge on any atom is -0.478 e. The number of nitriles is 1. The van der Waals surface area contributed by atoms with Gasteiger partial charge in [-0.1, -0.05) is 29.8 Å². The second-order valence-electron chi connectivity index (χ2n) is 4.03. The molecule has 102 valence electrons. The van der Waals surface area contributed by atoms with Gasteiger partial charge in [0.2, 0.25) is 0 Å². The zero-order valence-corrected chi connectivity index (χ0v) is 12.9. The van der Waals surface area contributed by atoms with Gasteiger partial charge in [0.25, 0.3) is 0 Å². The molecule has 0 radical (unpaired) electrons. The average Bonchev–Trinajstić information content (AvgIpc) is 2.45. The molecule has 2 aromatic carbocycles. The van der Waals surface area contributed by atoms with Gasteiger partial charge in [0.05, 0.1) is 0 Å². The third-order valence-corrected chi connectivity index (χ3v) is 3.56. The van der Waals surface area contributed by atoms with Crippen molar-refractivity contribution in [2.24, 2.45) is 0 Å². The van der Waals surface area contributed by atoms with Crippen LogP contribution in [0.1, 0.15) is 5.56 Å². The highest BCUT2D eigenvalue weighted by atomic mass is 79.9. The summed E-state index contributed by atoms with van der Waals surface area (Å²) in [5.41, 5.74) is 1.94. The van der Waals surface area contributed by atoms with Crippen LogP contribution in [0.3, 0.4) is 0 Å². The monoisotopic (exact) mass is 350 g/mol. The number of ether oxygens (including phenoxy) is 1. The van der Waals surface area contributed by atoms with E-state index in [0.717, 1.165) is 15.7 Å². The van der Waals surface area contributed by atoms with Crippen molar-refractivity contribution in [2.45, 2.75) is 6.54 Å². The molecule has 5 heteroatoms. The van der Waals surface area contributed by atoms with E-state index in [-0.39, 0.29) is 6.61 Å². The van der Waals surface area contributed by atoms with E-state index < -0.39 is 0 Å². The van der Waals surface area contributed by atoms with Gasteiger partial charge in [-0.15, -0.1) is 0 Å². The second-order valence-corrected chi connectivity index (χ2v) is 5.32. The van der Waals surface area contributed by atoms with Gasteiger partial charge in [-0.25, -0.2) is 0 Å². The maximum atomic E-state index is 8.58. The molecule has 0 saturated carbocycles. The van der Waals surface area contributed by atoms with E-state index >= 15 is 0 Å². The van der Waals surface area contributed by atoms with Crippen LogP contribution in [0, 0.1) is 11.3 Å². The van der Waals surface area contributed by atoms with E-state index in [1.807, 2.05) is 48.5 Å². The Kier molecular flexibility index (Phi) is 5.28. The molecule has 0 aliphatic carbocycles. The molecule has 1 N–H and O–H groups in total. The lowest BCUT2D eigenvalue weighted by Crippen LogP contribution is -2.04. The van der Waals surface area contributed by atoms with Gasteiger partial charge in [0.15, 0.2) is 6.61 Å². The number of para-hydroxylation sites is 1. The molecule has 0 fully saturated rings. The van der Waals surface area contributed by atoms with Crippen molar-refractivity contribution >= 4 is 33.2 Å². The standard InChI is InChI=1S/C15H12BrClN2O/c16-13-9-12(17)5-6-14(13)19-10-11-3-1-2-4-15(11)20-8-7-18/h1-6,9,19H,8,10H2. The molecule has 20 heavy (non-hydrogen) atoms. The Labute approximate surface area is 131 Å². The molecular weight excluding hydrogens is 340 g/mol. The number of halogens is 2. The summed E-state index contributed by atoms with van der Waals surface area (Å²) in [7, 11) is 0. The number of benzene rings is 2. The summed E-state index contributed by atoms with van der Waals surface area (Å²) >= 11 is 9.37. The van der Waals surface area contributed by atoms with Crippen LogP contribution >= 0.6 is 27.5 Å². The van der Waals surface area contributed by atoms with E-state index in [1.165, 1.54) is 0 Å². The van der Waals surface area contributed by atoms with Crippen molar-refractivity contribution in [3.05, 3.63) is 57.5 Å². The highest BCUT2D eigenvalue weighted by Gasteiger charge is 2.05. The van der Waals surface area contributed by atoms with E-state index in [2.05, 4.69) is 21.2 Å². The van der Waals surface area contributed by atoms with E-state index in [0.29, 0.717) is 17.3 Å². The highest BCUT2D eigenvalue weighted by Crippen LogP contribution is 2.27. The Morgan fingerprint density at radius 2 is 2.05 bits per heavy atom. The minimum absolute atomic E-state index is 0.0433. The minimum atomic E-state index is 0.0433. The number of nitrogens with zero attached hydrogens (tertiary/aromatic N) is 1. The van der Waals surface area contributed by atoms with Gasteiger partial charge < -0.3 is 10.1 Å². The number of nitrogens with one attached hydrogen (secondary N) is 1. The molecular formula is C15H12BrClN2O. The van der Waals surface area contributed by atoms with E-state index in [1.54, 1.807) is 0 Å². The molecule has 0 aromatic heterocycles. The van der Waals surface area contributed by atoms with Crippen molar-refractivity contribution < 1.29 is 4.74 Å². The Morgan fingerprint density at radius 3 is 2.80 bits per heavy atom. The predicted octanol–water partition coefficient (Wildman–Crippen LogP) is 4.62. The first kappa shape index (κ1) is 14.7. The van der Waals surface area contributed by atoms with Gasteiger partial charge in [-0.2, -0.15) is 5.26 Å². The molecule has 2 aromatic rings. The smallest absolute Gasteiger partial charge is 0.174 e. The first-order valence-corrected chi connectivity index (χ1v) is 7.14. The Bertz CT molecular complexity index is 640. The van der Waals surface area contributed by atoms with Crippen LogP contribution in [-0.4, -0.2) is 6.61 Å². The first-order chi connectivity index (χ1) is 9.70. The molecule has 2 rings (SSSR count). The molecule has 0 aliphatic heterocycles. The SMILES string of the molecule is N#CCOc1ccccc1CNc1ccc(Cl)cc1Br. The van der Waals surface area contributed by atoms with Gasteiger partial charge >= 0.3 is 0 Å². The van der Waals surface area contributed by atoms with Crippen molar-refractivity contribution in [2.75, 3.05) is 11.9 Å². The molecule has 0 bridgehead atoms. The maximum Gasteiger partial charge on any atom is 0.174 e. The number of anilines is 1. The van der Waals surface area contributed by atoms with Crippen LogP contribution in [0.2, 0.25) is 5.02 Å². The molecule has 0 atom stereocenters. The Morgan fingerprint density at radius 1 is 1.25 bits per heavy atom. The third kappa shape index (κ3) is 3.89. The van der Waals surface area contributed by atoms with Gasteiger partial charge in [0, 0.05) is 27.3 Å². The number of hydrogen-bond acceptors (Lipinski definition) is 3. The lowest BCUT2D eigenvalue weighted by molar-refractivity contribution is 0.364. The van der Waals surface area contributed by atoms with Crippen molar-refractivity contribution in [1.82, 2.24) is 0 Å². The number of rotatable bonds is 5. The molecule has 3 nitrogen and oxygen atoms in total. The highest BCUT2D eigenvalue weighted by molar-refractivity contribution is 9.10. The summed E-state index contributed by atoms with van der Waals surface area (Å²) in [6, 6.07) is 15.2. The summed E-state index contributed by atoms with van der Waals surface area (Å²) < 4.78 is 6.29. The summed E-state index contributed by atoms with van der Waals surface area (Å²) in [5, 5.41) is 12.6. The van der Waals surface area contributed by atoms with Gasteiger partial charge in [0.1, 0.15) is 11.8 Å². The Hall–Kier alpha value is -1.70. The Balaban J connectivity index is 2.09. The van der Waals surface area contributed by atoms with Crippen LogP contribution < -0.4 is 10.1 Å². The largest absolute Gasteiger partial charge is 0.478 e. The topological polar surface area (TPSA) is 45.0 Å². The zero-order chi connectivity index (χ0) is 14.4. The quantitative estimate of drug-likeness (QED) is 0.855. The van der Waals surface area contributed by atoms with Crippen molar-refractivity contribution in [3.63, 3.8) is 0 Å². The summed E-state index contributed by atoms with van der Waals surface area (Å²) in [6.45, 7) is 0.642. The van der Waals surface area contributed by atoms with E-state index in [4.69, 9.17) is 21.6 Å². The lowest BCUT2D eigenvalue weighted by Gasteiger charge is -2.12. The molecule has 0 saturated heterocycles. The van der Waals surface area contributed by atoms with Gasteiger partial charge in [-0.05, 0) is 40.2 Å². The summed E-state index contributed by atoms with van der Waals surface area (Å²) in [4.78, 5) is 0. The van der Waals surface area contributed by atoms with E-state index in [9.17, 15) is 0 Å². The fraction of sp³-hybridized carbons (Fsp3) is 0.133. The molecule has 0 aliphatic rings. The number of hydrogen-bond donors (Lipinski definition) is 1. The van der Waals surface area contributed by atoms with Crippen LogP contribution in [0.5, 0.6) is 5.75 Å². The average molecular weight is 352 g/mol. The zero-order valence-electron chi connectivity index (χ0n) is 10.6. The van der Waals surface area contributed by atoms with Crippen molar-refractivity contribution in [1.29, 1.82) is 5.26 Å². The molecule has 0 spiro atoms. The maximum absolute atomic E-state index is 8.58. The third-order valence-electron chi connectivity index (χ3n) is 2.67.